The summed E-state index contributed by atoms with van der Waals surface area (Å²) in [5.74, 6) is 0.286. The van der Waals surface area contributed by atoms with Crippen LogP contribution in [0.5, 0.6) is 23.0 Å². The maximum atomic E-state index is 13.1. The topological polar surface area (TPSA) is 96.2 Å². The Labute approximate surface area is 181 Å². The molecule has 0 aromatic heterocycles. The Bertz CT molecular complexity index is 1090. The molecule has 0 spiro atoms. The molecule has 0 saturated carbocycles. The van der Waals surface area contributed by atoms with E-state index < -0.39 is 17.8 Å². The predicted molar refractivity (Wildman–Crippen MR) is 117 cm³/mol. The lowest BCUT2D eigenvalue weighted by molar-refractivity contribution is 0.0835. The molecule has 0 fully saturated rings. The molecule has 2 aliphatic heterocycles. The van der Waals surface area contributed by atoms with Crippen molar-refractivity contribution in [2.24, 2.45) is 0 Å². The molecular formula is C25H26O6. The first-order valence-corrected chi connectivity index (χ1v) is 10.2. The van der Waals surface area contributed by atoms with E-state index in [9.17, 15) is 20.1 Å². The first kappa shape index (κ1) is 21.0. The number of hydrogen-bond donors (Lipinski definition) is 3. The molecule has 0 saturated heterocycles. The highest BCUT2D eigenvalue weighted by molar-refractivity contribution is 6.05. The summed E-state index contributed by atoms with van der Waals surface area (Å²) >= 11 is 0. The van der Waals surface area contributed by atoms with E-state index in [1.165, 1.54) is 12.1 Å². The number of aliphatic hydroxyl groups excluding tert-OH is 1. The number of ether oxygens (including phenoxy) is 2. The van der Waals surface area contributed by atoms with Crippen LogP contribution in [0.2, 0.25) is 0 Å². The zero-order valence-electron chi connectivity index (χ0n) is 17.8. The lowest BCUT2D eigenvalue weighted by atomic mass is 9.87. The average Bonchev–Trinajstić information content (AvgIpc) is 2.70. The zero-order chi connectivity index (χ0) is 22.5. The van der Waals surface area contributed by atoms with Crippen LogP contribution >= 0.6 is 0 Å². The van der Waals surface area contributed by atoms with Crippen LogP contribution in [-0.2, 0) is 6.42 Å². The van der Waals surface area contributed by atoms with Gasteiger partial charge in [0, 0.05) is 12.0 Å². The fourth-order valence-electron chi connectivity index (χ4n) is 3.89. The third-order valence-electron chi connectivity index (χ3n) is 5.67. The molecule has 0 bridgehead atoms. The van der Waals surface area contributed by atoms with Crippen LogP contribution in [0.15, 0.2) is 42.5 Å². The number of hydrogen-bond acceptors (Lipinski definition) is 6. The number of aromatic hydroxyl groups is 2. The van der Waals surface area contributed by atoms with Crippen molar-refractivity contribution < 1.29 is 29.6 Å². The number of phenols is 2. The fraction of sp³-hybridized carbons (Fsp3) is 0.320. The highest BCUT2D eigenvalue weighted by Crippen LogP contribution is 2.51. The maximum Gasteiger partial charge on any atom is 0.174 e. The fourth-order valence-corrected chi connectivity index (χ4v) is 3.89. The van der Waals surface area contributed by atoms with Crippen LogP contribution in [0.4, 0.5) is 0 Å². The number of Topliss-reactive ketones (excluding diaryl/α,β-unsaturated/α-hetero) is 1. The zero-order valence-corrected chi connectivity index (χ0v) is 17.8. The van der Waals surface area contributed by atoms with Crippen molar-refractivity contribution in [2.75, 3.05) is 0 Å². The molecular weight excluding hydrogens is 396 g/mol. The molecule has 0 radical (unpaired) electrons. The van der Waals surface area contributed by atoms with Crippen molar-refractivity contribution in [3.63, 3.8) is 0 Å². The largest absolute Gasteiger partial charge is 0.508 e. The van der Waals surface area contributed by atoms with Crippen LogP contribution in [0.1, 0.15) is 60.3 Å². The number of fused-ring (bicyclic) bond motifs is 2. The van der Waals surface area contributed by atoms with Gasteiger partial charge >= 0.3 is 0 Å². The minimum absolute atomic E-state index is 0.0443. The number of benzene rings is 2. The van der Waals surface area contributed by atoms with Gasteiger partial charge in [-0.05, 0) is 50.6 Å². The molecule has 162 valence electrons. The SMILES string of the molecule is C=C(C)C(O)Cc1c2c(c(O)c3c1OC(c1ccc(O)cc1)CC3=O)C=CC(C)(C)O2. The number of carbonyl (C=O) groups is 1. The van der Waals surface area contributed by atoms with Crippen molar-refractivity contribution in [1.82, 2.24) is 0 Å². The molecule has 2 atom stereocenters. The standard InChI is InChI=1S/C25H26O6/c1-13(2)18(27)11-17-23-16(9-10-25(3,4)31-23)22(29)21-19(28)12-20(30-24(17)21)14-5-7-15(26)8-6-14/h5-10,18,20,26-27,29H,1,11-12H2,2-4H3. The molecule has 2 aliphatic rings. The molecule has 2 heterocycles. The van der Waals surface area contributed by atoms with Gasteiger partial charge in [-0.1, -0.05) is 24.3 Å². The summed E-state index contributed by atoms with van der Waals surface area (Å²) in [7, 11) is 0. The van der Waals surface area contributed by atoms with E-state index in [-0.39, 0.29) is 41.4 Å². The summed E-state index contributed by atoms with van der Waals surface area (Å²) in [6.45, 7) is 9.31. The van der Waals surface area contributed by atoms with Crippen LogP contribution in [0, 0.1) is 0 Å². The summed E-state index contributed by atoms with van der Waals surface area (Å²) in [6, 6.07) is 6.46. The van der Waals surface area contributed by atoms with E-state index in [0.717, 1.165) is 5.56 Å². The molecule has 3 N–H and O–H groups in total. The van der Waals surface area contributed by atoms with Crippen molar-refractivity contribution in [1.29, 1.82) is 0 Å². The average molecular weight is 422 g/mol. The van der Waals surface area contributed by atoms with Gasteiger partial charge in [-0.25, -0.2) is 0 Å². The van der Waals surface area contributed by atoms with Crippen molar-refractivity contribution in [2.45, 2.75) is 51.4 Å². The lowest BCUT2D eigenvalue weighted by Crippen LogP contribution is -2.30. The first-order chi connectivity index (χ1) is 14.6. The third kappa shape index (κ3) is 3.79. The van der Waals surface area contributed by atoms with Gasteiger partial charge in [-0.3, -0.25) is 4.79 Å². The van der Waals surface area contributed by atoms with Gasteiger partial charge < -0.3 is 24.8 Å². The highest BCUT2D eigenvalue weighted by atomic mass is 16.5. The Morgan fingerprint density at radius 1 is 1.23 bits per heavy atom. The molecule has 4 rings (SSSR count). The van der Waals surface area contributed by atoms with Gasteiger partial charge in [0.25, 0.3) is 0 Å². The van der Waals surface area contributed by atoms with E-state index in [1.807, 2.05) is 19.9 Å². The number of carbonyl (C=O) groups excluding carboxylic acids is 1. The minimum Gasteiger partial charge on any atom is -0.508 e. The summed E-state index contributed by atoms with van der Waals surface area (Å²) in [4.78, 5) is 13.1. The van der Waals surface area contributed by atoms with E-state index in [4.69, 9.17) is 9.47 Å². The third-order valence-corrected chi connectivity index (χ3v) is 5.67. The summed E-state index contributed by atoms with van der Waals surface area (Å²) in [6.07, 6.45) is 2.26. The number of aliphatic hydroxyl groups is 1. The second-order valence-electron chi connectivity index (χ2n) is 8.70. The Morgan fingerprint density at radius 2 is 1.90 bits per heavy atom. The normalized spacial score (nSPS) is 19.6. The summed E-state index contributed by atoms with van der Waals surface area (Å²) < 4.78 is 12.4. The second kappa shape index (κ2) is 7.46. The van der Waals surface area contributed by atoms with Crippen molar-refractivity contribution >= 4 is 11.9 Å². The van der Waals surface area contributed by atoms with Crippen LogP contribution in [0.3, 0.4) is 0 Å². The molecule has 0 aliphatic carbocycles. The number of ketones is 1. The molecule has 2 aromatic rings. The monoisotopic (exact) mass is 422 g/mol. The molecule has 2 aromatic carbocycles. The maximum absolute atomic E-state index is 13.1. The Balaban J connectivity index is 1.90. The van der Waals surface area contributed by atoms with E-state index in [0.29, 0.717) is 22.4 Å². The Morgan fingerprint density at radius 3 is 2.55 bits per heavy atom. The van der Waals surface area contributed by atoms with E-state index in [1.54, 1.807) is 25.1 Å². The Kier molecular flexibility index (Phi) is 5.06. The van der Waals surface area contributed by atoms with Crippen LogP contribution in [-0.4, -0.2) is 32.8 Å². The highest BCUT2D eigenvalue weighted by Gasteiger charge is 2.38. The van der Waals surface area contributed by atoms with Crippen LogP contribution in [0.25, 0.3) is 6.08 Å². The quantitative estimate of drug-likeness (QED) is 0.629. The smallest absolute Gasteiger partial charge is 0.174 e. The van der Waals surface area contributed by atoms with Crippen molar-refractivity contribution in [3.05, 3.63) is 64.7 Å². The predicted octanol–water partition coefficient (Wildman–Crippen LogP) is 4.47. The molecule has 2 unspecified atom stereocenters. The van der Waals surface area contributed by atoms with Gasteiger partial charge in [0.2, 0.25) is 0 Å². The van der Waals surface area contributed by atoms with E-state index >= 15 is 0 Å². The first-order valence-electron chi connectivity index (χ1n) is 10.2. The van der Waals surface area contributed by atoms with Gasteiger partial charge in [0.05, 0.1) is 18.1 Å². The molecule has 6 heteroatoms. The van der Waals surface area contributed by atoms with Crippen LogP contribution < -0.4 is 9.47 Å². The summed E-state index contributed by atoms with van der Waals surface area (Å²) in [5.41, 5.74) is 1.69. The van der Waals surface area contributed by atoms with Gasteiger partial charge in [0.1, 0.15) is 40.3 Å². The number of phenolic OH excluding ortho intramolecular Hbond substituents is 2. The summed E-state index contributed by atoms with van der Waals surface area (Å²) in [5, 5.41) is 31.1. The van der Waals surface area contributed by atoms with Crippen molar-refractivity contribution in [3.8, 4) is 23.0 Å². The second-order valence-corrected chi connectivity index (χ2v) is 8.70. The van der Waals surface area contributed by atoms with E-state index in [2.05, 4.69) is 6.58 Å². The molecule has 6 nitrogen and oxygen atoms in total. The molecule has 31 heavy (non-hydrogen) atoms. The van der Waals surface area contributed by atoms with Gasteiger partial charge in [0.15, 0.2) is 5.78 Å². The molecule has 0 amide bonds. The van der Waals surface area contributed by atoms with Gasteiger partial charge in [-0.2, -0.15) is 0 Å². The minimum atomic E-state index is -0.872. The lowest BCUT2D eigenvalue weighted by Gasteiger charge is -2.35. The Hall–Kier alpha value is -3.25. The number of rotatable bonds is 4. The van der Waals surface area contributed by atoms with Gasteiger partial charge in [-0.15, -0.1) is 0 Å².